The maximum Gasteiger partial charge on any atom is 0.188 e. The number of aliphatic imine (C=N–C) groups is 1. The van der Waals surface area contributed by atoms with Gasteiger partial charge in [-0.1, -0.05) is 37.3 Å². The molecule has 1 aliphatic rings. The summed E-state index contributed by atoms with van der Waals surface area (Å²) in [7, 11) is 0. The van der Waals surface area contributed by atoms with Crippen LogP contribution in [-0.4, -0.2) is 49.2 Å². The molecule has 1 fully saturated rings. The van der Waals surface area contributed by atoms with Crippen LogP contribution in [0.5, 0.6) is 0 Å². The highest BCUT2D eigenvalue weighted by molar-refractivity contribution is 5.78. The highest BCUT2D eigenvalue weighted by Crippen LogP contribution is 2.16. The maximum atomic E-state index is 6.01. The number of piperidine rings is 1. The number of ether oxygens (including phenoxy) is 1. The van der Waals surface area contributed by atoms with Crippen molar-refractivity contribution >= 4 is 5.96 Å². The van der Waals surface area contributed by atoms with Crippen molar-refractivity contribution in [1.29, 1.82) is 0 Å². The molecule has 5 heteroatoms. The quantitative estimate of drug-likeness (QED) is 0.410. The Morgan fingerprint density at radius 1 is 1.32 bits per heavy atom. The van der Waals surface area contributed by atoms with Crippen molar-refractivity contribution in [2.75, 3.05) is 26.2 Å². The second-order valence-corrected chi connectivity index (χ2v) is 6.91. The fourth-order valence-electron chi connectivity index (χ4n) is 2.99. The molecule has 0 spiro atoms. The summed E-state index contributed by atoms with van der Waals surface area (Å²) < 4.78 is 6.01. The second-order valence-electron chi connectivity index (χ2n) is 6.91. The van der Waals surface area contributed by atoms with E-state index < -0.39 is 0 Å². The van der Waals surface area contributed by atoms with Crippen LogP contribution in [0.4, 0.5) is 0 Å². The molecule has 1 heterocycles. The van der Waals surface area contributed by atoms with Crippen molar-refractivity contribution in [2.24, 2.45) is 10.7 Å². The van der Waals surface area contributed by atoms with Gasteiger partial charge in [0.1, 0.15) is 0 Å². The highest BCUT2D eigenvalue weighted by Gasteiger charge is 2.19. The van der Waals surface area contributed by atoms with Crippen LogP contribution in [0, 0.1) is 0 Å². The van der Waals surface area contributed by atoms with Gasteiger partial charge in [0.15, 0.2) is 5.96 Å². The van der Waals surface area contributed by atoms with Crippen LogP contribution in [-0.2, 0) is 11.3 Å². The van der Waals surface area contributed by atoms with Gasteiger partial charge in [-0.2, -0.15) is 0 Å². The Morgan fingerprint density at radius 3 is 2.72 bits per heavy atom. The standard InChI is InChI=1S/C20H34N4O/c1-3-17(2)23-20(21)22-12-7-15-25-19-10-13-24(14-11-19)16-18-8-5-4-6-9-18/h4-6,8-9,17,19H,3,7,10-16H2,1-2H3,(H3,21,22,23). The van der Waals surface area contributed by atoms with Crippen molar-refractivity contribution in [2.45, 2.75) is 58.2 Å². The molecule has 1 unspecified atom stereocenters. The Balaban J connectivity index is 1.54. The zero-order valence-corrected chi connectivity index (χ0v) is 15.8. The molecule has 3 N–H and O–H groups in total. The molecule has 1 aromatic carbocycles. The highest BCUT2D eigenvalue weighted by atomic mass is 16.5. The molecule has 0 amide bonds. The van der Waals surface area contributed by atoms with Crippen LogP contribution in [0.2, 0.25) is 0 Å². The fourth-order valence-corrected chi connectivity index (χ4v) is 2.99. The number of nitrogens with one attached hydrogen (secondary N) is 1. The first-order chi connectivity index (χ1) is 12.2. The SMILES string of the molecule is CCC(C)NC(N)=NCCCOC1CCN(Cc2ccccc2)CC1. The molecule has 0 radical (unpaired) electrons. The first-order valence-corrected chi connectivity index (χ1v) is 9.61. The van der Waals surface area contributed by atoms with Gasteiger partial charge in [-0.3, -0.25) is 9.89 Å². The first-order valence-electron chi connectivity index (χ1n) is 9.61. The summed E-state index contributed by atoms with van der Waals surface area (Å²) in [6, 6.07) is 11.1. The number of rotatable bonds is 9. The van der Waals surface area contributed by atoms with Gasteiger partial charge in [-0.05, 0) is 38.2 Å². The zero-order chi connectivity index (χ0) is 17.9. The lowest BCUT2D eigenvalue weighted by atomic mass is 10.1. The monoisotopic (exact) mass is 346 g/mol. The van der Waals surface area contributed by atoms with Gasteiger partial charge in [0, 0.05) is 38.8 Å². The van der Waals surface area contributed by atoms with Gasteiger partial charge in [0.2, 0.25) is 0 Å². The van der Waals surface area contributed by atoms with Crippen LogP contribution < -0.4 is 11.1 Å². The molecular formula is C20H34N4O. The van der Waals surface area contributed by atoms with E-state index in [0.29, 0.717) is 18.1 Å². The summed E-state index contributed by atoms with van der Waals surface area (Å²) in [6.45, 7) is 9.00. The molecule has 0 aromatic heterocycles. The van der Waals surface area contributed by atoms with Crippen molar-refractivity contribution in [1.82, 2.24) is 10.2 Å². The van der Waals surface area contributed by atoms with E-state index in [9.17, 15) is 0 Å². The predicted octanol–water partition coefficient (Wildman–Crippen LogP) is 2.76. The molecule has 1 aromatic rings. The predicted molar refractivity (Wildman–Crippen MR) is 105 cm³/mol. The average molecular weight is 347 g/mol. The van der Waals surface area contributed by atoms with Crippen LogP contribution in [0.25, 0.3) is 0 Å². The zero-order valence-electron chi connectivity index (χ0n) is 15.8. The van der Waals surface area contributed by atoms with Crippen molar-refractivity contribution < 1.29 is 4.74 Å². The Labute approximate surface area is 152 Å². The number of hydrogen-bond acceptors (Lipinski definition) is 3. The smallest absolute Gasteiger partial charge is 0.188 e. The summed E-state index contributed by atoms with van der Waals surface area (Å²) in [5.74, 6) is 0.545. The van der Waals surface area contributed by atoms with Gasteiger partial charge in [0.25, 0.3) is 0 Å². The third-order valence-electron chi connectivity index (χ3n) is 4.73. The molecule has 0 aliphatic carbocycles. The molecule has 1 atom stereocenters. The fraction of sp³-hybridized carbons (Fsp3) is 0.650. The summed E-state index contributed by atoms with van der Waals surface area (Å²) in [6.07, 6.45) is 4.60. The third-order valence-corrected chi connectivity index (χ3v) is 4.73. The first kappa shape index (κ1) is 19.7. The average Bonchev–Trinajstić information content (AvgIpc) is 2.63. The van der Waals surface area contributed by atoms with E-state index in [1.807, 2.05) is 0 Å². The third kappa shape index (κ3) is 7.88. The van der Waals surface area contributed by atoms with E-state index in [-0.39, 0.29) is 0 Å². The Hall–Kier alpha value is -1.59. The van der Waals surface area contributed by atoms with Gasteiger partial charge < -0.3 is 15.8 Å². The molecular weight excluding hydrogens is 312 g/mol. The van der Waals surface area contributed by atoms with E-state index in [4.69, 9.17) is 10.5 Å². The van der Waals surface area contributed by atoms with Gasteiger partial charge in [-0.15, -0.1) is 0 Å². The Bertz CT molecular complexity index is 498. The number of nitrogens with two attached hydrogens (primary N) is 1. The van der Waals surface area contributed by atoms with E-state index in [0.717, 1.165) is 58.5 Å². The van der Waals surface area contributed by atoms with E-state index >= 15 is 0 Å². The molecule has 2 rings (SSSR count). The molecule has 0 bridgehead atoms. The van der Waals surface area contributed by atoms with Crippen molar-refractivity contribution in [3.8, 4) is 0 Å². The van der Waals surface area contributed by atoms with E-state index in [1.54, 1.807) is 0 Å². The van der Waals surface area contributed by atoms with Crippen LogP contribution in [0.15, 0.2) is 35.3 Å². The number of hydrogen-bond donors (Lipinski definition) is 2. The Morgan fingerprint density at radius 2 is 2.04 bits per heavy atom. The topological polar surface area (TPSA) is 62.9 Å². The van der Waals surface area contributed by atoms with Crippen LogP contribution >= 0.6 is 0 Å². The lowest BCUT2D eigenvalue weighted by Crippen LogP contribution is -2.38. The Kier molecular flexibility index (Phi) is 8.77. The van der Waals surface area contributed by atoms with Crippen molar-refractivity contribution in [3.05, 3.63) is 35.9 Å². The van der Waals surface area contributed by atoms with E-state index in [2.05, 4.69) is 59.4 Å². The van der Waals surface area contributed by atoms with Gasteiger partial charge in [0.05, 0.1) is 6.10 Å². The lowest BCUT2D eigenvalue weighted by molar-refractivity contribution is 0.00566. The molecule has 1 saturated heterocycles. The largest absolute Gasteiger partial charge is 0.378 e. The normalized spacial score (nSPS) is 18.2. The van der Waals surface area contributed by atoms with Crippen molar-refractivity contribution in [3.63, 3.8) is 0 Å². The molecule has 25 heavy (non-hydrogen) atoms. The summed E-state index contributed by atoms with van der Waals surface area (Å²) in [4.78, 5) is 6.86. The van der Waals surface area contributed by atoms with Gasteiger partial charge >= 0.3 is 0 Å². The number of benzene rings is 1. The van der Waals surface area contributed by atoms with Crippen LogP contribution in [0.1, 0.15) is 45.1 Å². The van der Waals surface area contributed by atoms with Crippen LogP contribution in [0.3, 0.4) is 0 Å². The molecule has 1 aliphatic heterocycles. The summed E-state index contributed by atoms with van der Waals surface area (Å²) in [5, 5.41) is 3.18. The minimum atomic E-state index is 0.376. The van der Waals surface area contributed by atoms with Gasteiger partial charge in [-0.25, -0.2) is 0 Å². The minimum absolute atomic E-state index is 0.376. The maximum absolute atomic E-state index is 6.01. The number of nitrogens with zero attached hydrogens (tertiary/aromatic N) is 2. The summed E-state index contributed by atoms with van der Waals surface area (Å²) >= 11 is 0. The van der Waals surface area contributed by atoms with E-state index in [1.165, 1.54) is 5.56 Å². The minimum Gasteiger partial charge on any atom is -0.378 e. The molecule has 0 saturated carbocycles. The number of guanidine groups is 1. The molecule has 5 nitrogen and oxygen atoms in total. The lowest BCUT2D eigenvalue weighted by Gasteiger charge is -2.31. The second kappa shape index (κ2) is 11.1. The molecule has 140 valence electrons. The summed E-state index contributed by atoms with van der Waals surface area (Å²) in [5.41, 5.74) is 7.24. The number of likely N-dealkylation sites (tertiary alicyclic amines) is 1.